The molecule has 2 aromatic carbocycles. The number of hydrogen-bond acceptors (Lipinski definition) is 3. The van der Waals surface area contributed by atoms with Crippen molar-refractivity contribution in [3.05, 3.63) is 75.5 Å². The van der Waals surface area contributed by atoms with Gasteiger partial charge in [0.1, 0.15) is 5.75 Å². The standard InChI is InChI=1S/C22H22BrN3O2/c1-13(2)11-18-19-20(25-24-18)22(27)26(16-7-9-17(28-3)10-8-16)21(19)14-5-4-6-15(23)12-14/h4-10,12-13,21H,11H2,1-3H3,(H,24,25). The van der Waals surface area contributed by atoms with Crippen LogP contribution in [0.2, 0.25) is 0 Å². The molecule has 1 amide bonds. The lowest BCUT2D eigenvalue weighted by Gasteiger charge is -2.27. The summed E-state index contributed by atoms with van der Waals surface area (Å²) in [4.78, 5) is 15.1. The second-order valence-electron chi connectivity index (χ2n) is 7.39. The quantitative estimate of drug-likeness (QED) is 0.599. The molecule has 5 nitrogen and oxygen atoms in total. The predicted molar refractivity (Wildman–Crippen MR) is 113 cm³/mol. The van der Waals surface area contributed by atoms with Crippen LogP contribution in [0.5, 0.6) is 5.75 Å². The average Bonchev–Trinajstić information content (AvgIpc) is 3.20. The number of rotatable bonds is 5. The fraction of sp³-hybridized carbons (Fsp3) is 0.273. The van der Waals surface area contributed by atoms with Crippen LogP contribution in [0.3, 0.4) is 0 Å². The molecule has 6 heteroatoms. The Balaban J connectivity index is 1.87. The van der Waals surface area contributed by atoms with E-state index >= 15 is 0 Å². The average molecular weight is 440 g/mol. The number of aromatic amines is 1. The second-order valence-corrected chi connectivity index (χ2v) is 8.31. The smallest absolute Gasteiger partial charge is 0.279 e. The Morgan fingerprint density at radius 3 is 2.61 bits per heavy atom. The molecule has 28 heavy (non-hydrogen) atoms. The molecule has 1 unspecified atom stereocenters. The molecule has 1 atom stereocenters. The Morgan fingerprint density at radius 1 is 1.21 bits per heavy atom. The zero-order chi connectivity index (χ0) is 19.8. The summed E-state index contributed by atoms with van der Waals surface area (Å²) in [5.41, 5.74) is 4.39. The molecule has 144 valence electrons. The van der Waals surface area contributed by atoms with E-state index in [9.17, 15) is 4.79 Å². The highest BCUT2D eigenvalue weighted by atomic mass is 79.9. The number of carbonyl (C=O) groups is 1. The molecule has 1 N–H and O–H groups in total. The van der Waals surface area contributed by atoms with Crippen molar-refractivity contribution in [2.24, 2.45) is 5.92 Å². The van der Waals surface area contributed by atoms with Crippen LogP contribution in [0, 0.1) is 5.92 Å². The Labute approximate surface area is 172 Å². The summed E-state index contributed by atoms with van der Waals surface area (Å²) < 4.78 is 6.25. The van der Waals surface area contributed by atoms with Crippen molar-refractivity contribution in [2.75, 3.05) is 12.0 Å². The number of nitrogens with one attached hydrogen (secondary N) is 1. The minimum atomic E-state index is -0.221. The predicted octanol–water partition coefficient (Wildman–Crippen LogP) is 5.13. The fourth-order valence-corrected chi connectivity index (χ4v) is 4.19. The number of benzene rings is 2. The Morgan fingerprint density at radius 2 is 1.96 bits per heavy atom. The maximum Gasteiger partial charge on any atom is 0.279 e. The zero-order valence-electron chi connectivity index (χ0n) is 16.1. The number of anilines is 1. The lowest BCUT2D eigenvalue weighted by Crippen LogP contribution is -2.29. The first-order valence-corrected chi connectivity index (χ1v) is 10.1. The van der Waals surface area contributed by atoms with Gasteiger partial charge in [0, 0.05) is 21.4 Å². The number of hydrogen-bond donors (Lipinski definition) is 1. The molecular weight excluding hydrogens is 418 g/mol. The molecule has 1 aliphatic rings. The van der Waals surface area contributed by atoms with Crippen molar-refractivity contribution in [3.63, 3.8) is 0 Å². The van der Waals surface area contributed by atoms with E-state index < -0.39 is 0 Å². The van der Waals surface area contributed by atoms with E-state index in [2.05, 4.69) is 52.1 Å². The van der Waals surface area contributed by atoms with Gasteiger partial charge in [-0.2, -0.15) is 5.10 Å². The lowest BCUT2D eigenvalue weighted by atomic mass is 9.95. The Bertz CT molecular complexity index is 1010. The number of aromatic nitrogens is 2. The molecule has 0 saturated carbocycles. The van der Waals surface area contributed by atoms with E-state index in [1.165, 1.54) is 0 Å². The number of halogens is 1. The van der Waals surface area contributed by atoms with Gasteiger partial charge in [0.25, 0.3) is 5.91 Å². The molecule has 0 radical (unpaired) electrons. The van der Waals surface area contributed by atoms with Crippen LogP contribution in [0.1, 0.15) is 47.2 Å². The largest absolute Gasteiger partial charge is 0.497 e. The highest BCUT2D eigenvalue weighted by Crippen LogP contribution is 2.43. The second kappa shape index (κ2) is 7.43. The summed E-state index contributed by atoms with van der Waals surface area (Å²) in [5, 5.41) is 7.50. The van der Waals surface area contributed by atoms with Gasteiger partial charge in [0.05, 0.1) is 13.2 Å². The molecule has 1 aliphatic heterocycles. The molecule has 0 saturated heterocycles. The molecule has 0 bridgehead atoms. The van der Waals surface area contributed by atoms with Crippen molar-refractivity contribution < 1.29 is 9.53 Å². The van der Waals surface area contributed by atoms with E-state index in [1.807, 2.05) is 41.3 Å². The summed E-state index contributed by atoms with van der Waals surface area (Å²) in [6.07, 6.45) is 0.844. The first-order chi connectivity index (χ1) is 13.5. The van der Waals surface area contributed by atoms with Gasteiger partial charge in [-0.1, -0.05) is 41.9 Å². The fourth-order valence-electron chi connectivity index (χ4n) is 3.77. The van der Waals surface area contributed by atoms with E-state index in [0.29, 0.717) is 11.6 Å². The molecule has 3 aromatic rings. The third kappa shape index (κ3) is 3.22. The summed E-state index contributed by atoms with van der Waals surface area (Å²) in [7, 11) is 1.63. The third-order valence-corrected chi connectivity index (χ3v) is 5.46. The van der Waals surface area contributed by atoms with Crippen molar-refractivity contribution in [2.45, 2.75) is 26.3 Å². The van der Waals surface area contributed by atoms with Gasteiger partial charge in [-0.25, -0.2) is 0 Å². The third-order valence-electron chi connectivity index (χ3n) is 4.96. The molecule has 4 rings (SSSR count). The number of methoxy groups -OCH3 is 1. The number of carbonyl (C=O) groups excluding carboxylic acids is 1. The van der Waals surface area contributed by atoms with Gasteiger partial charge in [0.15, 0.2) is 5.69 Å². The molecule has 0 aliphatic carbocycles. The van der Waals surface area contributed by atoms with Gasteiger partial charge < -0.3 is 4.74 Å². The van der Waals surface area contributed by atoms with E-state index in [1.54, 1.807) is 7.11 Å². The topological polar surface area (TPSA) is 58.2 Å². The van der Waals surface area contributed by atoms with E-state index in [0.717, 1.165) is 39.2 Å². The zero-order valence-corrected chi connectivity index (χ0v) is 17.7. The molecule has 1 aromatic heterocycles. The van der Waals surface area contributed by atoms with Crippen LogP contribution in [0.4, 0.5) is 5.69 Å². The normalized spacial score (nSPS) is 16.0. The van der Waals surface area contributed by atoms with Gasteiger partial charge >= 0.3 is 0 Å². The minimum absolute atomic E-state index is 0.0867. The number of fused-ring (bicyclic) bond motifs is 1. The first-order valence-electron chi connectivity index (χ1n) is 9.29. The number of H-pyrrole nitrogens is 1. The lowest BCUT2D eigenvalue weighted by molar-refractivity contribution is 0.0988. The van der Waals surface area contributed by atoms with Gasteiger partial charge in [0.2, 0.25) is 0 Å². The molecular formula is C22H22BrN3O2. The summed E-state index contributed by atoms with van der Waals surface area (Å²) in [6.45, 7) is 4.33. The van der Waals surface area contributed by atoms with Crippen LogP contribution in [-0.2, 0) is 6.42 Å². The first kappa shape index (κ1) is 18.7. The summed E-state index contributed by atoms with van der Waals surface area (Å²) >= 11 is 3.57. The van der Waals surface area contributed by atoms with Crippen molar-refractivity contribution in [1.29, 1.82) is 0 Å². The number of amides is 1. The summed E-state index contributed by atoms with van der Waals surface area (Å²) in [5.74, 6) is 1.13. The van der Waals surface area contributed by atoms with Gasteiger partial charge in [-0.05, 0) is 54.3 Å². The number of ether oxygens (including phenoxy) is 1. The van der Waals surface area contributed by atoms with Crippen molar-refractivity contribution >= 4 is 27.5 Å². The van der Waals surface area contributed by atoms with Crippen molar-refractivity contribution in [3.8, 4) is 5.75 Å². The highest BCUT2D eigenvalue weighted by Gasteiger charge is 2.43. The SMILES string of the molecule is COc1ccc(N2C(=O)c3n[nH]c(CC(C)C)c3C2c2cccc(Br)c2)cc1. The van der Waals surface area contributed by atoms with Crippen LogP contribution in [0.25, 0.3) is 0 Å². The van der Waals surface area contributed by atoms with Crippen molar-refractivity contribution in [1.82, 2.24) is 10.2 Å². The highest BCUT2D eigenvalue weighted by molar-refractivity contribution is 9.10. The maximum absolute atomic E-state index is 13.3. The van der Waals surface area contributed by atoms with Gasteiger partial charge in [-0.3, -0.25) is 14.8 Å². The van der Waals surface area contributed by atoms with Crippen LogP contribution in [-0.4, -0.2) is 23.2 Å². The van der Waals surface area contributed by atoms with Crippen LogP contribution >= 0.6 is 15.9 Å². The van der Waals surface area contributed by atoms with E-state index in [-0.39, 0.29) is 11.9 Å². The monoisotopic (exact) mass is 439 g/mol. The molecule has 0 spiro atoms. The van der Waals surface area contributed by atoms with Crippen LogP contribution < -0.4 is 9.64 Å². The summed E-state index contributed by atoms with van der Waals surface area (Å²) in [6, 6.07) is 15.5. The van der Waals surface area contributed by atoms with Crippen LogP contribution in [0.15, 0.2) is 53.0 Å². The number of nitrogens with zero attached hydrogens (tertiary/aromatic N) is 2. The van der Waals surface area contributed by atoms with Gasteiger partial charge in [-0.15, -0.1) is 0 Å². The maximum atomic E-state index is 13.3. The van der Waals surface area contributed by atoms with E-state index in [4.69, 9.17) is 4.74 Å². The minimum Gasteiger partial charge on any atom is -0.497 e. The Kier molecular flexibility index (Phi) is 4.98. The Hall–Kier alpha value is -2.60. The molecule has 0 fully saturated rings. The molecule has 2 heterocycles.